The maximum absolute atomic E-state index is 11.4. The molecule has 0 fully saturated rings. The van der Waals surface area contributed by atoms with E-state index in [1.165, 1.54) is 5.56 Å². The molecule has 0 aliphatic heterocycles. The number of amides is 1. The Kier molecular flexibility index (Phi) is 10.5. The zero-order valence-electron chi connectivity index (χ0n) is 16.9. The summed E-state index contributed by atoms with van der Waals surface area (Å²) in [4.78, 5) is 11.4. The van der Waals surface area contributed by atoms with Crippen LogP contribution >= 0.6 is 0 Å². The molecule has 1 amide bonds. The number of nitrogens with one attached hydrogen (secondary N) is 2. The Morgan fingerprint density at radius 3 is 1.93 bits per heavy atom. The van der Waals surface area contributed by atoms with Crippen molar-refractivity contribution in [2.75, 3.05) is 5.32 Å². The molecule has 2 aromatic carbocycles. The Labute approximate surface area is 172 Å². The van der Waals surface area contributed by atoms with Crippen molar-refractivity contribution in [1.82, 2.24) is 5.48 Å². The predicted molar refractivity (Wildman–Crippen MR) is 122 cm³/mol. The number of allylic oxidation sites excluding steroid dienone is 2. The van der Waals surface area contributed by atoms with Gasteiger partial charge in [0.1, 0.15) is 0 Å². The van der Waals surface area contributed by atoms with Crippen molar-refractivity contribution >= 4 is 11.6 Å². The van der Waals surface area contributed by atoms with Crippen LogP contribution in [0.4, 0.5) is 5.69 Å². The van der Waals surface area contributed by atoms with Crippen LogP contribution in [0.25, 0.3) is 0 Å². The largest absolute Gasteiger partial charge is 0.326 e. The Bertz CT molecular complexity index is 762. The normalized spacial score (nSPS) is 11.7. The van der Waals surface area contributed by atoms with Gasteiger partial charge < -0.3 is 16.3 Å². The fourth-order valence-electron chi connectivity index (χ4n) is 1.76. The van der Waals surface area contributed by atoms with Crippen LogP contribution < -0.4 is 16.5 Å². The highest BCUT2D eigenvalue weighted by Gasteiger charge is 2.10. The summed E-state index contributed by atoms with van der Waals surface area (Å²) in [6.45, 7) is 6.53. The van der Waals surface area contributed by atoms with Gasteiger partial charge in [0.25, 0.3) is 5.91 Å². The average Bonchev–Trinajstić information content (AvgIpc) is 2.69. The first-order valence-corrected chi connectivity index (χ1v) is 9.32. The van der Waals surface area contributed by atoms with Crippen LogP contribution in [0.1, 0.15) is 37.0 Å². The summed E-state index contributed by atoms with van der Waals surface area (Å²) in [7, 11) is 0. The molecule has 0 bridgehead atoms. The molecule has 5 N–H and O–H groups in total. The molecule has 3 rings (SSSR count). The van der Waals surface area contributed by atoms with Gasteiger partial charge in [-0.2, -0.15) is 0 Å². The summed E-state index contributed by atoms with van der Waals surface area (Å²) in [6.07, 6.45) is 6.36. The maximum Gasteiger partial charge on any atom is 0.255 e. The molecule has 0 heterocycles. The van der Waals surface area contributed by atoms with Crippen LogP contribution in [0.2, 0.25) is 0 Å². The van der Waals surface area contributed by atoms with E-state index in [0.29, 0.717) is 6.54 Å². The first-order chi connectivity index (χ1) is 13.4. The SMILES string of the molecule is CCC(C)(C)NO.NCc1ccccc1.O=C(Nc1ccccc1)C1=CC=C1.[HH].[HH].[HH]. The summed E-state index contributed by atoms with van der Waals surface area (Å²) in [5, 5.41) is 11.1. The molecule has 0 spiro atoms. The zero-order valence-corrected chi connectivity index (χ0v) is 16.9. The van der Waals surface area contributed by atoms with Gasteiger partial charge in [0.15, 0.2) is 0 Å². The topological polar surface area (TPSA) is 87.4 Å². The molecule has 1 aliphatic carbocycles. The van der Waals surface area contributed by atoms with Crippen LogP contribution in [0, 0.1) is 0 Å². The second kappa shape index (κ2) is 12.6. The van der Waals surface area contributed by atoms with Gasteiger partial charge in [-0.25, -0.2) is 5.48 Å². The Morgan fingerprint density at radius 1 is 1.07 bits per heavy atom. The third-order valence-corrected chi connectivity index (χ3v) is 4.11. The van der Waals surface area contributed by atoms with E-state index in [4.69, 9.17) is 10.9 Å². The molecule has 0 radical (unpaired) electrons. The van der Waals surface area contributed by atoms with Crippen LogP contribution in [0.5, 0.6) is 0 Å². The molecule has 28 heavy (non-hydrogen) atoms. The number of nitrogens with two attached hydrogens (primary N) is 1. The van der Waals surface area contributed by atoms with Crippen molar-refractivity contribution in [3.8, 4) is 0 Å². The molecule has 5 nitrogen and oxygen atoms in total. The van der Waals surface area contributed by atoms with E-state index in [1.54, 1.807) is 12.2 Å². The summed E-state index contributed by atoms with van der Waals surface area (Å²) >= 11 is 0. The molecule has 156 valence electrons. The van der Waals surface area contributed by atoms with Crippen molar-refractivity contribution in [3.05, 3.63) is 90.0 Å². The van der Waals surface area contributed by atoms with Gasteiger partial charge >= 0.3 is 0 Å². The van der Waals surface area contributed by atoms with Gasteiger partial charge in [0.2, 0.25) is 0 Å². The Morgan fingerprint density at radius 2 is 1.61 bits per heavy atom. The lowest BCUT2D eigenvalue weighted by atomic mass is 10.0. The van der Waals surface area contributed by atoms with Crippen molar-refractivity contribution in [1.29, 1.82) is 0 Å². The molecular formula is C23H37N3O2. The number of hydrogen-bond acceptors (Lipinski definition) is 4. The van der Waals surface area contributed by atoms with Crippen LogP contribution in [0.15, 0.2) is 84.5 Å². The van der Waals surface area contributed by atoms with Gasteiger partial charge in [0, 0.05) is 27.6 Å². The minimum Gasteiger partial charge on any atom is -0.326 e. The third kappa shape index (κ3) is 9.28. The quantitative estimate of drug-likeness (QED) is 0.534. The number of carbonyl (C=O) groups excluding carboxylic acids is 1. The smallest absolute Gasteiger partial charge is 0.255 e. The van der Waals surface area contributed by atoms with Crippen LogP contribution in [0.3, 0.4) is 0 Å². The summed E-state index contributed by atoms with van der Waals surface area (Å²) < 4.78 is 0. The van der Waals surface area contributed by atoms with E-state index in [0.717, 1.165) is 17.7 Å². The molecule has 2 aromatic rings. The predicted octanol–water partition coefficient (Wildman–Crippen LogP) is 5.16. The van der Waals surface area contributed by atoms with Crippen molar-refractivity contribution in [2.24, 2.45) is 5.73 Å². The molecule has 0 saturated heterocycles. The van der Waals surface area contributed by atoms with Gasteiger partial charge in [-0.05, 0) is 50.1 Å². The Hall–Kier alpha value is -2.73. The first kappa shape index (κ1) is 23.3. The van der Waals surface area contributed by atoms with E-state index in [-0.39, 0.29) is 15.7 Å². The number of carbonyl (C=O) groups is 1. The zero-order chi connectivity index (χ0) is 20.8. The minimum atomic E-state index is -0.111. The number of hydrogen-bond donors (Lipinski definition) is 4. The second-order valence-corrected chi connectivity index (χ2v) is 6.84. The third-order valence-electron chi connectivity index (χ3n) is 4.11. The summed E-state index contributed by atoms with van der Waals surface area (Å²) in [5.41, 5.74) is 10.2. The lowest BCUT2D eigenvalue weighted by Crippen LogP contribution is -2.35. The van der Waals surface area contributed by atoms with Gasteiger partial charge in [0.05, 0.1) is 0 Å². The fraction of sp³-hybridized carbons (Fsp3) is 0.261. The van der Waals surface area contributed by atoms with E-state index in [9.17, 15) is 4.79 Å². The maximum atomic E-state index is 11.4. The fourth-order valence-corrected chi connectivity index (χ4v) is 1.76. The number of para-hydroxylation sites is 1. The van der Waals surface area contributed by atoms with Gasteiger partial charge in [-0.1, -0.05) is 61.5 Å². The standard InChI is InChI=1S/C11H9NO.C7H9N.C5H13NO.3H2/c13-11(9-5-4-6-9)12-10-7-2-1-3-8-10;8-6-7-4-2-1-3-5-7;1-4-5(2,3)6-7;;;/h1-8H,(H,12,13);1-5H,6,8H2;6-7H,4H2,1-3H3;3*1H. The molecule has 0 atom stereocenters. The highest BCUT2D eigenvalue weighted by Crippen LogP contribution is 2.12. The molecular weight excluding hydrogens is 350 g/mol. The Balaban J connectivity index is -0.000000385. The van der Waals surface area contributed by atoms with Crippen LogP contribution in [-0.4, -0.2) is 16.7 Å². The van der Waals surface area contributed by atoms with Crippen molar-refractivity contribution < 1.29 is 14.3 Å². The lowest BCUT2D eigenvalue weighted by molar-refractivity contribution is -0.112. The number of benzene rings is 2. The summed E-state index contributed by atoms with van der Waals surface area (Å²) in [6, 6.07) is 19.4. The van der Waals surface area contributed by atoms with E-state index >= 15 is 0 Å². The first-order valence-electron chi connectivity index (χ1n) is 9.32. The number of rotatable bonds is 5. The van der Waals surface area contributed by atoms with Gasteiger partial charge in [-0.15, -0.1) is 0 Å². The molecule has 5 heteroatoms. The number of hydroxylamine groups is 1. The molecule has 0 aromatic heterocycles. The van der Waals surface area contributed by atoms with E-state index < -0.39 is 0 Å². The van der Waals surface area contributed by atoms with Crippen molar-refractivity contribution in [2.45, 2.75) is 39.3 Å². The van der Waals surface area contributed by atoms with E-state index in [2.05, 4.69) is 10.8 Å². The number of anilines is 1. The average molecular weight is 388 g/mol. The van der Waals surface area contributed by atoms with Gasteiger partial charge in [-0.3, -0.25) is 4.79 Å². The second-order valence-electron chi connectivity index (χ2n) is 6.84. The molecule has 1 aliphatic rings. The highest BCUT2D eigenvalue weighted by atomic mass is 16.5. The summed E-state index contributed by atoms with van der Waals surface area (Å²) in [5.74, 6) is -0.0475. The minimum absolute atomic E-state index is 0. The monoisotopic (exact) mass is 387 g/mol. The van der Waals surface area contributed by atoms with Crippen molar-refractivity contribution in [3.63, 3.8) is 0 Å². The highest BCUT2D eigenvalue weighted by molar-refractivity contribution is 6.07. The molecule has 0 saturated carbocycles. The van der Waals surface area contributed by atoms with Crippen LogP contribution in [-0.2, 0) is 11.3 Å². The molecule has 0 unspecified atom stereocenters. The lowest BCUT2D eigenvalue weighted by Gasteiger charge is -2.18. The van der Waals surface area contributed by atoms with E-state index in [1.807, 2.05) is 87.5 Å².